The molecule has 32 heavy (non-hydrogen) atoms. The summed E-state index contributed by atoms with van der Waals surface area (Å²) in [5.41, 5.74) is 1.93. The zero-order chi connectivity index (χ0) is 23.1. The molecule has 9 heteroatoms. The summed E-state index contributed by atoms with van der Waals surface area (Å²) in [6.07, 6.45) is 6.44. The van der Waals surface area contributed by atoms with Crippen LogP contribution in [0, 0.1) is 0 Å². The molecule has 0 fully saturated rings. The minimum Gasteiger partial charge on any atom is -0.495 e. The van der Waals surface area contributed by atoms with Crippen LogP contribution >= 0.6 is 0 Å². The summed E-state index contributed by atoms with van der Waals surface area (Å²) in [4.78, 5) is 12.6. The first-order valence-corrected chi connectivity index (χ1v) is 11.6. The van der Waals surface area contributed by atoms with Crippen molar-refractivity contribution >= 4 is 27.7 Å². The third kappa shape index (κ3) is 5.24. The average Bonchev–Trinajstić information content (AvgIpc) is 3.28. The lowest BCUT2D eigenvalue weighted by Gasteiger charge is -2.19. The van der Waals surface area contributed by atoms with Crippen molar-refractivity contribution in [2.45, 2.75) is 18.7 Å². The van der Waals surface area contributed by atoms with E-state index in [1.807, 2.05) is 30.3 Å². The molecule has 0 aliphatic rings. The predicted molar refractivity (Wildman–Crippen MR) is 124 cm³/mol. The summed E-state index contributed by atoms with van der Waals surface area (Å²) < 4.78 is 34.0. The largest absolute Gasteiger partial charge is 0.495 e. The molecule has 0 spiro atoms. The lowest BCUT2D eigenvalue weighted by Crippen LogP contribution is -2.30. The third-order valence-electron chi connectivity index (χ3n) is 4.82. The average molecular weight is 455 g/mol. The van der Waals surface area contributed by atoms with E-state index in [1.54, 1.807) is 37.0 Å². The second-order valence-electron chi connectivity index (χ2n) is 6.83. The summed E-state index contributed by atoms with van der Waals surface area (Å²) in [6.45, 7) is 4.26. The van der Waals surface area contributed by atoms with Crippen molar-refractivity contribution in [2.24, 2.45) is 0 Å². The number of para-hydroxylation sites is 1. The minimum absolute atomic E-state index is 0.0883. The molecule has 8 nitrogen and oxygen atoms in total. The maximum absolute atomic E-state index is 12.8. The van der Waals surface area contributed by atoms with Gasteiger partial charge in [0.25, 0.3) is 0 Å². The molecule has 168 valence electrons. The first kappa shape index (κ1) is 23.2. The van der Waals surface area contributed by atoms with Crippen LogP contribution in [0.3, 0.4) is 0 Å². The summed E-state index contributed by atoms with van der Waals surface area (Å²) in [5, 5.41) is 6.99. The van der Waals surface area contributed by atoms with Crippen molar-refractivity contribution in [2.75, 3.05) is 25.5 Å². The first-order chi connectivity index (χ1) is 15.4. The molecule has 0 saturated heterocycles. The Morgan fingerprint density at radius 2 is 1.88 bits per heavy atom. The Hall–Kier alpha value is -3.43. The number of benzene rings is 2. The van der Waals surface area contributed by atoms with Gasteiger partial charge in [0.05, 0.1) is 29.6 Å². The van der Waals surface area contributed by atoms with Crippen LogP contribution in [-0.4, -0.2) is 48.6 Å². The molecular formula is C23H26N4O4S. The Labute approximate surface area is 188 Å². The lowest BCUT2D eigenvalue weighted by molar-refractivity contribution is -0.111. The van der Waals surface area contributed by atoms with E-state index in [1.165, 1.54) is 35.7 Å². The monoisotopic (exact) mass is 454 g/mol. The van der Waals surface area contributed by atoms with E-state index in [4.69, 9.17) is 4.74 Å². The smallest absolute Gasteiger partial charge is 0.248 e. The number of hydrogen-bond acceptors (Lipinski definition) is 5. The highest BCUT2D eigenvalue weighted by molar-refractivity contribution is 7.89. The maximum atomic E-state index is 12.8. The molecule has 1 aromatic heterocycles. The van der Waals surface area contributed by atoms with Gasteiger partial charge in [0.2, 0.25) is 15.9 Å². The number of nitrogens with one attached hydrogen (secondary N) is 1. The Morgan fingerprint density at radius 1 is 1.16 bits per heavy atom. The SMILES string of the molecule is CCN(CC)S(=O)(=O)c1ccc(OC)c(NC(=O)/C=C/c2cnn(-c3ccccc3)c2)c1. The van der Waals surface area contributed by atoms with Gasteiger partial charge in [-0.15, -0.1) is 0 Å². The Balaban J connectivity index is 1.78. The molecule has 0 bridgehead atoms. The van der Waals surface area contributed by atoms with Crippen molar-refractivity contribution in [1.82, 2.24) is 14.1 Å². The molecular weight excluding hydrogens is 428 g/mol. The second-order valence-corrected chi connectivity index (χ2v) is 8.77. The fraction of sp³-hybridized carbons (Fsp3) is 0.217. The molecule has 0 aliphatic heterocycles. The number of carbonyl (C=O) groups excluding carboxylic acids is 1. The molecule has 0 saturated carbocycles. The molecule has 0 atom stereocenters. The van der Waals surface area contributed by atoms with Crippen molar-refractivity contribution in [3.8, 4) is 11.4 Å². The van der Waals surface area contributed by atoms with E-state index < -0.39 is 15.9 Å². The van der Waals surface area contributed by atoms with Gasteiger partial charge in [-0.2, -0.15) is 9.40 Å². The molecule has 0 aliphatic carbocycles. The highest BCUT2D eigenvalue weighted by Crippen LogP contribution is 2.29. The molecule has 1 amide bonds. The molecule has 3 rings (SSSR count). The van der Waals surface area contributed by atoms with Gasteiger partial charge < -0.3 is 10.1 Å². The highest BCUT2D eigenvalue weighted by atomic mass is 32.2. The van der Waals surface area contributed by atoms with E-state index >= 15 is 0 Å². The minimum atomic E-state index is -3.67. The lowest BCUT2D eigenvalue weighted by atomic mass is 10.2. The quantitative estimate of drug-likeness (QED) is 0.499. The second kappa shape index (κ2) is 10.3. The Morgan fingerprint density at radius 3 is 2.53 bits per heavy atom. The van der Waals surface area contributed by atoms with Crippen LogP contribution in [-0.2, 0) is 14.8 Å². The van der Waals surface area contributed by atoms with Gasteiger partial charge in [-0.25, -0.2) is 13.1 Å². The molecule has 2 aromatic carbocycles. The van der Waals surface area contributed by atoms with E-state index in [-0.39, 0.29) is 10.6 Å². The van der Waals surface area contributed by atoms with Crippen LogP contribution in [0.15, 0.2) is 71.9 Å². The number of hydrogen-bond donors (Lipinski definition) is 1. The van der Waals surface area contributed by atoms with Gasteiger partial charge in [0, 0.05) is 30.9 Å². The number of nitrogens with zero attached hydrogens (tertiary/aromatic N) is 3. The zero-order valence-electron chi connectivity index (χ0n) is 18.2. The highest BCUT2D eigenvalue weighted by Gasteiger charge is 2.23. The Bertz CT molecular complexity index is 1200. The number of sulfonamides is 1. The zero-order valence-corrected chi connectivity index (χ0v) is 19.0. The van der Waals surface area contributed by atoms with Crippen molar-refractivity contribution < 1.29 is 17.9 Å². The van der Waals surface area contributed by atoms with Gasteiger partial charge in [0.15, 0.2) is 0 Å². The van der Waals surface area contributed by atoms with Gasteiger partial charge in [-0.3, -0.25) is 4.79 Å². The summed E-state index contributed by atoms with van der Waals surface area (Å²) in [7, 11) is -2.21. The number of methoxy groups -OCH3 is 1. The van der Waals surface area contributed by atoms with Crippen molar-refractivity contribution in [3.05, 3.63) is 72.6 Å². The van der Waals surface area contributed by atoms with Gasteiger partial charge in [-0.05, 0) is 36.4 Å². The topological polar surface area (TPSA) is 93.5 Å². The fourth-order valence-corrected chi connectivity index (χ4v) is 4.63. The summed E-state index contributed by atoms with van der Waals surface area (Å²) >= 11 is 0. The first-order valence-electron chi connectivity index (χ1n) is 10.2. The molecule has 0 radical (unpaired) electrons. The van der Waals surface area contributed by atoms with Crippen LogP contribution in [0.1, 0.15) is 19.4 Å². The van der Waals surface area contributed by atoms with Crippen LogP contribution in [0.4, 0.5) is 5.69 Å². The fourth-order valence-electron chi connectivity index (χ4n) is 3.15. The van der Waals surface area contributed by atoms with Crippen LogP contribution in [0.25, 0.3) is 11.8 Å². The Kier molecular flexibility index (Phi) is 7.45. The van der Waals surface area contributed by atoms with E-state index in [2.05, 4.69) is 10.4 Å². The standard InChI is InChI=1S/C23H26N4O4S/c1-4-26(5-2)32(29,30)20-12-13-22(31-3)21(15-20)25-23(28)14-11-18-16-24-27(17-18)19-9-7-6-8-10-19/h6-17H,4-5H2,1-3H3,(H,25,28)/b14-11+. The van der Waals surface area contributed by atoms with Gasteiger partial charge >= 0.3 is 0 Å². The summed E-state index contributed by atoms with van der Waals surface area (Å²) in [5.74, 6) is -0.0599. The maximum Gasteiger partial charge on any atom is 0.248 e. The third-order valence-corrected chi connectivity index (χ3v) is 6.87. The number of anilines is 1. The van der Waals surface area contributed by atoms with Crippen LogP contribution in [0.2, 0.25) is 0 Å². The van der Waals surface area contributed by atoms with E-state index in [0.29, 0.717) is 18.8 Å². The van der Waals surface area contributed by atoms with Gasteiger partial charge in [-0.1, -0.05) is 32.0 Å². The number of amides is 1. The predicted octanol–water partition coefficient (Wildman–Crippen LogP) is 3.56. The molecule has 1 heterocycles. The summed E-state index contributed by atoms with van der Waals surface area (Å²) in [6, 6.07) is 14.0. The van der Waals surface area contributed by atoms with Crippen molar-refractivity contribution in [3.63, 3.8) is 0 Å². The molecule has 0 unspecified atom stereocenters. The normalized spacial score (nSPS) is 11.8. The number of aromatic nitrogens is 2. The molecule has 1 N–H and O–H groups in total. The van der Waals surface area contributed by atoms with E-state index in [0.717, 1.165) is 11.3 Å². The van der Waals surface area contributed by atoms with Crippen molar-refractivity contribution in [1.29, 1.82) is 0 Å². The van der Waals surface area contributed by atoms with Gasteiger partial charge in [0.1, 0.15) is 5.75 Å². The van der Waals surface area contributed by atoms with E-state index in [9.17, 15) is 13.2 Å². The number of ether oxygens (including phenoxy) is 1. The van der Waals surface area contributed by atoms with Crippen LogP contribution < -0.4 is 10.1 Å². The number of rotatable bonds is 9. The molecule has 3 aromatic rings. The number of carbonyl (C=O) groups is 1. The van der Waals surface area contributed by atoms with Crippen LogP contribution in [0.5, 0.6) is 5.75 Å².